The van der Waals surface area contributed by atoms with Gasteiger partial charge in [-0.1, -0.05) is 0 Å². The quantitative estimate of drug-likeness (QED) is 0.632. The maximum Gasteiger partial charge on any atom is 0.320 e. The maximum absolute atomic E-state index is 10.7. The fourth-order valence-electron chi connectivity index (χ4n) is 0.662. The third-order valence-electron chi connectivity index (χ3n) is 1.18. The van der Waals surface area contributed by atoms with Crippen LogP contribution in [0, 0.1) is 11.3 Å². The monoisotopic (exact) mass is 165 g/mol. The van der Waals surface area contributed by atoms with Crippen molar-refractivity contribution in [3.8, 4) is 6.07 Å². The molecule has 0 atom stereocenters. The summed E-state index contributed by atoms with van der Waals surface area (Å²) in [5, 5.41) is 8.12. The highest BCUT2D eigenvalue weighted by Crippen LogP contribution is 2.02. The molecule has 1 heterocycles. The lowest BCUT2D eigenvalue weighted by molar-refractivity contribution is -0.144. The zero-order chi connectivity index (χ0) is 8.81. The molecule has 0 aromatic carbocycles. The number of rotatable bonds is 3. The predicted octanol–water partition coefficient (Wildman–Crippen LogP) is 1.24. The van der Waals surface area contributed by atoms with Crippen molar-refractivity contribution in [3.05, 3.63) is 24.2 Å². The van der Waals surface area contributed by atoms with Gasteiger partial charge in [-0.25, -0.2) is 0 Å². The molecule has 4 heteroatoms. The SMILES string of the molecule is N#CCC(=O)OCc1ccco1. The average molecular weight is 165 g/mol. The minimum absolute atomic E-state index is 0.0908. The van der Waals surface area contributed by atoms with Gasteiger partial charge in [0.25, 0.3) is 0 Å². The molecule has 0 aliphatic rings. The predicted molar refractivity (Wildman–Crippen MR) is 38.7 cm³/mol. The van der Waals surface area contributed by atoms with E-state index in [2.05, 4.69) is 4.74 Å². The van der Waals surface area contributed by atoms with Gasteiger partial charge in [-0.2, -0.15) is 5.26 Å². The first-order valence-corrected chi connectivity index (χ1v) is 3.38. The lowest BCUT2D eigenvalue weighted by Crippen LogP contribution is -2.02. The molecule has 0 aliphatic carbocycles. The summed E-state index contributed by atoms with van der Waals surface area (Å²) in [6.07, 6.45) is 1.27. The lowest BCUT2D eigenvalue weighted by atomic mass is 10.4. The zero-order valence-electron chi connectivity index (χ0n) is 6.32. The molecule has 0 fully saturated rings. The molecule has 62 valence electrons. The Balaban J connectivity index is 2.28. The normalized spacial score (nSPS) is 8.92. The topological polar surface area (TPSA) is 63.2 Å². The van der Waals surface area contributed by atoms with Gasteiger partial charge in [-0.05, 0) is 12.1 Å². The minimum atomic E-state index is -0.533. The molecule has 1 rings (SSSR count). The summed E-state index contributed by atoms with van der Waals surface area (Å²) in [5.41, 5.74) is 0. The van der Waals surface area contributed by atoms with E-state index in [1.165, 1.54) is 6.26 Å². The van der Waals surface area contributed by atoms with Crippen LogP contribution in [0.15, 0.2) is 22.8 Å². The molecule has 1 aromatic heterocycles. The molecule has 0 aliphatic heterocycles. The van der Waals surface area contributed by atoms with E-state index in [9.17, 15) is 4.79 Å². The van der Waals surface area contributed by atoms with Crippen LogP contribution in [0.3, 0.4) is 0 Å². The molecule has 0 saturated heterocycles. The Hall–Kier alpha value is -1.76. The number of carbonyl (C=O) groups excluding carboxylic acids is 1. The van der Waals surface area contributed by atoms with Crippen LogP contribution < -0.4 is 0 Å². The van der Waals surface area contributed by atoms with Crippen molar-refractivity contribution in [1.29, 1.82) is 5.26 Å². The van der Waals surface area contributed by atoms with Gasteiger partial charge in [0.15, 0.2) is 0 Å². The summed E-state index contributed by atoms with van der Waals surface area (Å²) in [7, 11) is 0. The molecule has 0 bridgehead atoms. The fraction of sp³-hybridized carbons (Fsp3) is 0.250. The van der Waals surface area contributed by atoms with Gasteiger partial charge in [0.2, 0.25) is 0 Å². The van der Waals surface area contributed by atoms with Gasteiger partial charge >= 0.3 is 5.97 Å². The highest BCUT2D eigenvalue weighted by molar-refractivity contribution is 5.71. The molecule has 0 spiro atoms. The summed E-state index contributed by atoms with van der Waals surface area (Å²) in [4.78, 5) is 10.7. The van der Waals surface area contributed by atoms with Gasteiger partial charge in [-0.3, -0.25) is 4.79 Å². The number of esters is 1. The largest absolute Gasteiger partial charge is 0.466 e. The van der Waals surface area contributed by atoms with Gasteiger partial charge in [0.05, 0.1) is 12.3 Å². The van der Waals surface area contributed by atoms with Crippen LogP contribution in [-0.2, 0) is 16.1 Å². The van der Waals surface area contributed by atoms with Gasteiger partial charge in [-0.15, -0.1) is 0 Å². The van der Waals surface area contributed by atoms with E-state index < -0.39 is 5.97 Å². The second-order valence-electron chi connectivity index (χ2n) is 2.07. The fourth-order valence-corrected chi connectivity index (χ4v) is 0.662. The van der Waals surface area contributed by atoms with Crippen LogP contribution in [0.2, 0.25) is 0 Å². The third-order valence-corrected chi connectivity index (χ3v) is 1.18. The number of carbonyl (C=O) groups is 1. The Morgan fingerprint density at radius 2 is 2.58 bits per heavy atom. The molecule has 0 amide bonds. The molecular formula is C8H7NO3. The smallest absolute Gasteiger partial charge is 0.320 e. The number of ether oxygens (including phenoxy) is 1. The van der Waals surface area contributed by atoms with Crippen molar-refractivity contribution in [2.24, 2.45) is 0 Å². The van der Waals surface area contributed by atoms with Crippen LogP contribution in [0.1, 0.15) is 12.2 Å². The molecule has 0 saturated carbocycles. The summed E-state index contributed by atoms with van der Waals surface area (Å²) >= 11 is 0. The van der Waals surface area contributed by atoms with E-state index in [0.717, 1.165) is 0 Å². The summed E-state index contributed by atoms with van der Waals surface area (Å²) in [6.45, 7) is 0.0908. The molecule has 0 radical (unpaired) electrons. The van der Waals surface area contributed by atoms with E-state index in [1.54, 1.807) is 18.2 Å². The Bertz CT molecular complexity index is 284. The van der Waals surface area contributed by atoms with E-state index >= 15 is 0 Å². The molecule has 12 heavy (non-hydrogen) atoms. The van der Waals surface area contributed by atoms with Crippen molar-refractivity contribution in [2.75, 3.05) is 0 Å². The maximum atomic E-state index is 10.7. The molecule has 0 N–H and O–H groups in total. The Kier molecular flexibility index (Phi) is 2.91. The second-order valence-corrected chi connectivity index (χ2v) is 2.07. The van der Waals surface area contributed by atoms with Gasteiger partial charge < -0.3 is 9.15 Å². The van der Waals surface area contributed by atoms with Gasteiger partial charge in [0.1, 0.15) is 18.8 Å². The standard InChI is InChI=1S/C8H7NO3/c9-4-3-8(10)12-6-7-2-1-5-11-7/h1-2,5H,3,6H2. The number of furan rings is 1. The van der Waals surface area contributed by atoms with Crippen molar-refractivity contribution in [3.63, 3.8) is 0 Å². The average Bonchev–Trinajstić information content (AvgIpc) is 2.53. The first-order chi connectivity index (χ1) is 5.83. The first kappa shape index (κ1) is 8.34. The first-order valence-electron chi connectivity index (χ1n) is 3.38. The highest BCUT2D eigenvalue weighted by atomic mass is 16.5. The molecular weight excluding hydrogens is 158 g/mol. The number of nitriles is 1. The van der Waals surface area contributed by atoms with E-state index in [4.69, 9.17) is 9.68 Å². The molecule has 1 aromatic rings. The number of hydrogen-bond donors (Lipinski definition) is 0. The summed E-state index contributed by atoms with van der Waals surface area (Å²) < 4.78 is 9.57. The second kappa shape index (κ2) is 4.19. The Labute approximate surface area is 69.4 Å². The van der Waals surface area contributed by atoms with E-state index in [0.29, 0.717) is 5.76 Å². The number of hydrogen-bond acceptors (Lipinski definition) is 4. The van der Waals surface area contributed by atoms with E-state index in [1.807, 2.05) is 0 Å². The molecule has 0 unspecified atom stereocenters. The minimum Gasteiger partial charge on any atom is -0.466 e. The lowest BCUT2D eigenvalue weighted by Gasteiger charge is -1.97. The van der Waals surface area contributed by atoms with Crippen molar-refractivity contribution >= 4 is 5.97 Å². The van der Waals surface area contributed by atoms with Crippen LogP contribution in [-0.4, -0.2) is 5.97 Å². The van der Waals surface area contributed by atoms with Gasteiger partial charge in [0, 0.05) is 0 Å². The van der Waals surface area contributed by atoms with Crippen LogP contribution in [0.25, 0.3) is 0 Å². The van der Waals surface area contributed by atoms with E-state index in [-0.39, 0.29) is 13.0 Å². The highest BCUT2D eigenvalue weighted by Gasteiger charge is 2.02. The summed E-state index contributed by atoms with van der Waals surface area (Å²) in [5.74, 6) is 0.0372. The van der Waals surface area contributed by atoms with Crippen molar-refractivity contribution < 1.29 is 13.9 Å². The van der Waals surface area contributed by atoms with Crippen molar-refractivity contribution in [2.45, 2.75) is 13.0 Å². The van der Waals surface area contributed by atoms with Crippen molar-refractivity contribution in [1.82, 2.24) is 0 Å². The Morgan fingerprint density at radius 1 is 1.75 bits per heavy atom. The zero-order valence-corrected chi connectivity index (χ0v) is 6.32. The Morgan fingerprint density at radius 3 is 3.17 bits per heavy atom. The number of nitrogens with zero attached hydrogens (tertiary/aromatic N) is 1. The van der Waals surface area contributed by atoms with Crippen LogP contribution >= 0.6 is 0 Å². The van der Waals surface area contributed by atoms with Crippen LogP contribution in [0.4, 0.5) is 0 Å². The van der Waals surface area contributed by atoms with Crippen LogP contribution in [0.5, 0.6) is 0 Å². The third kappa shape index (κ3) is 2.46. The molecule has 4 nitrogen and oxygen atoms in total. The summed E-state index contributed by atoms with van der Waals surface area (Å²) in [6, 6.07) is 5.09.